The molecular formula is C23H23F4NO3. The highest BCUT2D eigenvalue weighted by Gasteiger charge is 2.50. The molecule has 0 saturated carbocycles. The van der Waals surface area contributed by atoms with Crippen LogP contribution in [0.25, 0.3) is 0 Å². The Morgan fingerprint density at radius 1 is 1.06 bits per heavy atom. The zero-order valence-electron chi connectivity index (χ0n) is 16.7. The first-order chi connectivity index (χ1) is 14.7. The third kappa shape index (κ3) is 4.26. The molecule has 8 heteroatoms. The first kappa shape index (κ1) is 21.6. The number of aliphatic hydroxyl groups is 1. The molecule has 2 heterocycles. The van der Waals surface area contributed by atoms with Crippen LogP contribution in [0.3, 0.4) is 0 Å². The zero-order valence-corrected chi connectivity index (χ0v) is 16.7. The molecule has 2 aromatic rings. The summed E-state index contributed by atoms with van der Waals surface area (Å²) in [5.74, 6) is -1.45. The summed E-state index contributed by atoms with van der Waals surface area (Å²) < 4.78 is 59.7. The van der Waals surface area contributed by atoms with Crippen molar-refractivity contribution in [3.63, 3.8) is 0 Å². The van der Waals surface area contributed by atoms with E-state index >= 15 is 0 Å². The smallest absolute Gasteiger partial charge is 0.419 e. The first-order valence-electron chi connectivity index (χ1n) is 10.3. The number of hydrogen-bond acceptors (Lipinski definition) is 3. The fourth-order valence-corrected chi connectivity index (χ4v) is 4.85. The van der Waals surface area contributed by atoms with E-state index in [-0.39, 0.29) is 25.0 Å². The van der Waals surface area contributed by atoms with Gasteiger partial charge in [-0.25, -0.2) is 9.18 Å². The SMILES string of the molecule is O=C(OCc1ccccc1)N1C2CCCC1CC(O)(c1cccc(C(F)(F)F)c1F)C2. The number of rotatable bonds is 3. The first-order valence-corrected chi connectivity index (χ1v) is 10.3. The van der Waals surface area contributed by atoms with E-state index in [4.69, 9.17) is 4.74 Å². The molecule has 0 aliphatic carbocycles. The molecule has 2 aromatic carbocycles. The Hall–Kier alpha value is -2.61. The van der Waals surface area contributed by atoms with Gasteiger partial charge in [-0.15, -0.1) is 0 Å². The Kier molecular flexibility index (Phi) is 5.68. The van der Waals surface area contributed by atoms with Crippen molar-refractivity contribution in [2.75, 3.05) is 0 Å². The number of alkyl halides is 3. The van der Waals surface area contributed by atoms with Crippen molar-refractivity contribution in [2.45, 2.75) is 62.6 Å². The lowest BCUT2D eigenvalue weighted by atomic mass is 9.72. The van der Waals surface area contributed by atoms with Crippen LogP contribution in [-0.2, 0) is 23.1 Å². The van der Waals surface area contributed by atoms with Crippen molar-refractivity contribution < 1.29 is 32.2 Å². The quantitative estimate of drug-likeness (QED) is 0.656. The highest BCUT2D eigenvalue weighted by Crippen LogP contribution is 2.46. The van der Waals surface area contributed by atoms with Gasteiger partial charge in [0.1, 0.15) is 12.4 Å². The largest absolute Gasteiger partial charge is 0.445 e. The molecule has 2 aliphatic heterocycles. The number of nitrogens with zero attached hydrogens (tertiary/aromatic N) is 1. The molecule has 4 rings (SSSR count). The summed E-state index contributed by atoms with van der Waals surface area (Å²) in [6.07, 6.45) is -3.50. The van der Waals surface area contributed by atoms with Gasteiger partial charge < -0.3 is 14.7 Å². The van der Waals surface area contributed by atoms with Gasteiger partial charge in [0.25, 0.3) is 0 Å². The maximum atomic E-state index is 14.8. The number of halogens is 4. The Morgan fingerprint density at radius 3 is 2.32 bits per heavy atom. The van der Waals surface area contributed by atoms with E-state index in [9.17, 15) is 27.5 Å². The summed E-state index contributed by atoms with van der Waals surface area (Å²) in [7, 11) is 0. The Balaban J connectivity index is 1.55. The second-order valence-corrected chi connectivity index (χ2v) is 8.29. The van der Waals surface area contributed by atoms with Gasteiger partial charge in [0, 0.05) is 30.5 Å². The van der Waals surface area contributed by atoms with Crippen molar-refractivity contribution >= 4 is 6.09 Å². The van der Waals surface area contributed by atoms with Crippen LogP contribution in [0.1, 0.15) is 48.8 Å². The van der Waals surface area contributed by atoms with Crippen LogP contribution in [0.4, 0.5) is 22.4 Å². The van der Waals surface area contributed by atoms with Gasteiger partial charge in [-0.1, -0.05) is 42.5 Å². The lowest BCUT2D eigenvalue weighted by Gasteiger charge is -2.51. The fraction of sp³-hybridized carbons (Fsp3) is 0.435. The van der Waals surface area contributed by atoms with Gasteiger partial charge in [0.15, 0.2) is 0 Å². The number of carbonyl (C=O) groups is 1. The van der Waals surface area contributed by atoms with E-state index in [1.807, 2.05) is 30.3 Å². The predicted octanol–water partition coefficient (Wildman–Crippen LogP) is 5.39. The monoisotopic (exact) mass is 437 g/mol. The second kappa shape index (κ2) is 8.15. The van der Waals surface area contributed by atoms with E-state index in [0.29, 0.717) is 18.9 Å². The number of amides is 1. The zero-order chi connectivity index (χ0) is 22.2. The maximum Gasteiger partial charge on any atom is 0.419 e. The molecule has 2 bridgehead atoms. The van der Waals surface area contributed by atoms with E-state index in [0.717, 1.165) is 18.1 Å². The van der Waals surface area contributed by atoms with Crippen LogP contribution in [0.15, 0.2) is 48.5 Å². The summed E-state index contributed by atoms with van der Waals surface area (Å²) in [5.41, 5.74) is -2.71. The van der Waals surface area contributed by atoms with E-state index in [1.165, 1.54) is 6.07 Å². The van der Waals surface area contributed by atoms with Crippen molar-refractivity contribution in [1.82, 2.24) is 4.90 Å². The molecule has 2 unspecified atom stereocenters. The van der Waals surface area contributed by atoms with Crippen molar-refractivity contribution in [1.29, 1.82) is 0 Å². The summed E-state index contributed by atoms with van der Waals surface area (Å²) in [4.78, 5) is 14.4. The van der Waals surface area contributed by atoms with Gasteiger partial charge in [0.2, 0.25) is 0 Å². The Bertz CT molecular complexity index is 934. The molecule has 166 valence electrons. The molecule has 2 saturated heterocycles. The summed E-state index contributed by atoms with van der Waals surface area (Å²) in [6, 6.07) is 11.3. The van der Waals surface area contributed by atoms with E-state index < -0.39 is 41.3 Å². The molecular weight excluding hydrogens is 414 g/mol. The van der Waals surface area contributed by atoms with Crippen molar-refractivity contribution in [3.05, 3.63) is 71.0 Å². The van der Waals surface area contributed by atoms with Gasteiger partial charge in [-0.2, -0.15) is 13.2 Å². The topological polar surface area (TPSA) is 49.8 Å². The summed E-state index contributed by atoms with van der Waals surface area (Å²) in [6.45, 7) is 0.0993. The minimum atomic E-state index is -4.85. The van der Waals surface area contributed by atoms with Crippen LogP contribution >= 0.6 is 0 Å². The van der Waals surface area contributed by atoms with E-state index in [2.05, 4.69) is 0 Å². The van der Waals surface area contributed by atoms with Crippen LogP contribution in [0, 0.1) is 5.82 Å². The lowest BCUT2D eigenvalue weighted by Crippen LogP contribution is -2.59. The standard InChI is InChI=1S/C23H23F4NO3/c24-20-18(10-5-11-19(20)23(25,26)27)22(30)12-16-8-4-9-17(13-22)28(16)21(29)31-14-15-6-2-1-3-7-15/h1-3,5-7,10-11,16-17,30H,4,8-9,12-14H2. The number of carbonyl (C=O) groups excluding carboxylic acids is 1. The molecule has 0 aromatic heterocycles. The fourth-order valence-electron chi connectivity index (χ4n) is 4.85. The Labute approximate surface area is 177 Å². The third-order valence-corrected chi connectivity index (χ3v) is 6.23. The highest BCUT2D eigenvalue weighted by molar-refractivity contribution is 5.69. The van der Waals surface area contributed by atoms with Crippen molar-refractivity contribution in [2.24, 2.45) is 0 Å². The second-order valence-electron chi connectivity index (χ2n) is 8.29. The number of hydrogen-bond donors (Lipinski definition) is 1. The molecule has 1 amide bonds. The molecule has 4 nitrogen and oxygen atoms in total. The number of benzene rings is 2. The predicted molar refractivity (Wildman–Crippen MR) is 104 cm³/mol. The molecule has 2 atom stereocenters. The average Bonchev–Trinajstić information content (AvgIpc) is 2.71. The minimum absolute atomic E-state index is 0.0395. The highest BCUT2D eigenvalue weighted by atomic mass is 19.4. The molecule has 1 N–H and O–H groups in total. The van der Waals surface area contributed by atoms with Crippen LogP contribution in [0.5, 0.6) is 0 Å². The summed E-state index contributed by atoms with van der Waals surface area (Å²) >= 11 is 0. The van der Waals surface area contributed by atoms with E-state index in [1.54, 1.807) is 4.90 Å². The summed E-state index contributed by atoms with van der Waals surface area (Å²) in [5, 5.41) is 11.2. The van der Waals surface area contributed by atoms with Crippen LogP contribution in [0.2, 0.25) is 0 Å². The van der Waals surface area contributed by atoms with Gasteiger partial charge in [0.05, 0.1) is 11.2 Å². The van der Waals surface area contributed by atoms with Gasteiger partial charge in [-0.05, 0) is 30.9 Å². The maximum absolute atomic E-state index is 14.8. The molecule has 2 aliphatic rings. The van der Waals surface area contributed by atoms with Gasteiger partial charge in [-0.3, -0.25) is 0 Å². The normalized spacial score (nSPS) is 25.9. The average molecular weight is 437 g/mol. The molecule has 2 fully saturated rings. The van der Waals surface area contributed by atoms with Crippen LogP contribution < -0.4 is 0 Å². The number of piperidine rings is 2. The molecule has 0 spiro atoms. The Morgan fingerprint density at radius 2 is 1.71 bits per heavy atom. The molecule has 0 radical (unpaired) electrons. The number of ether oxygens (including phenoxy) is 1. The lowest BCUT2D eigenvalue weighted by molar-refractivity contribution is -0.140. The van der Waals surface area contributed by atoms with Crippen molar-refractivity contribution in [3.8, 4) is 0 Å². The molecule has 31 heavy (non-hydrogen) atoms. The third-order valence-electron chi connectivity index (χ3n) is 6.23. The minimum Gasteiger partial charge on any atom is -0.445 e. The van der Waals surface area contributed by atoms with Gasteiger partial charge >= 0.3 is 12.3 Å². The number of fused-ring (bicyclic) bond motifs is 2. The van der Waals surface area contributed by atoms with Crippen LogP contribution in [-0.4, -0.2) is 28.2 Å².